The van der Waals surface area contributed by atoms with E-state index in [2.05, 4.69) is 0 Å². The normalized spacial score (nSPS) is 13.1. The maximum atomic E-state index is 12.3. The first-order chi connectivity index (χ1) is 10.7. The lowest BCUT2D eigenvalue weighted by Crippen LogP contribution is -2.23. The molecule has 0 radical (unpaired) electrons. The van der Waals surface area contributed by atoms with Gasteiger partial charge in [0, 0.05) is 25.2 Å². The second-order valence-corrected chi connectivity index (χ2v) is 5.44. The van der Waals surface area contributed by atoms with Crippen LogP contribution in [0.4, 0.5) is 13.2 Å². The van der Waals surface area contributed by atoms with Gasteiger partial charge in [0.25, 0.3) is 5.56 Å². The van der Waals surface area contributed by atoms with Crippen molar-refractivity contribution >= 4 is 5.78 Å². The number of ketones is 1. The van der Waals surface area contributed by atoms with Gasteiger partial charge in [-0.2, -0.15) is 13.2 Å². The number of para-hydroxylation sites is 1. The van der Waals surface area contributed by atoms with Crippen LogP contribution in [0.5, 0.6) is 0 Å². The van der Waals surface area contributed by atoms with E-state index in [9.17, 15) is 22.8 Å². The molecule has 1 atom stereocenters. The highest BCUT2D eigenvalue weighted by Crippen LogP contribution is 2.24. The number of alkyl halides is 3. The van der Waals surface area contributed by atoms with Gasteiger partial charge in [-0.15, -0.1) is 0 Å². The third-order valence-electron chi connectivity index (χ3n) is 3.78. The van der Waals surface area contributed by atoms with E-state index in [-0.39, 0.29) is 17.9 Å². The molecule has 0 bridgehead atoms. The van der Waals surface area contributed by atoms with Crippen LogP contribution in [0.3, 0.4) is 0 Å². The summed E-state index contributed by atoms with van der Waals surface area (Å²) in [5.41, 5.74) is 1.00. The van der Waals surface area contributed by atoms with Crippen LogP contribution in [0.15, 0.2) is 41.2 Å². The largest absolute Gasteiger partial charge is 0.449 e. The Morgan fingerprint density at radius 3 is 2.39 bits per heavy atom. The Kier molecular flexibility index (Phi) is 4.77. The molecule has 0 saturated heterocycles. The summed E-state index contributed by atoms with van der Waals surface area (Å²) in [4.78, 5) is 23.1. The van der Waals surface area contributed by atoms with Crippen LogP contribution in [0.25, 0.3) is 5.69 Å². The third-order valence-corrected chi connectivity index (χ3v) is 3.78. The molecule has 4 nitrogen and oxygen atoms in total. The first-order valence-electron chi connectivity index (χ1n) is 7.16. The summed E-state index contributed by atoms with van der Waals surface area (Å²) >= 11 is 0. The highest BCUT2D eigenvalue weighted by molar-refractivity contribution is 5.83. The second-order valence-electron chi connectivity index (χ2n) is 5.44. The smallest absolute Gasteiger partial charge is 0.290 e. The standard InChI is InChI=1S/C16H17F3N2O2/c1-11(8-9-14(22)16(17,18)19)13-10-15(23)21(20(13)2)12-6-4-3-5-7-12/h3-7,10-11H,8-9H2,1-2H3. The molecule has 0 aliphatic rings. The van der Waals surface area contributed by atoms with Crippen molar-refractivity contribution in [3.63, 3.8) is 0 Å². The molecule has 0 spiro atoms. The van der Waals surface area contributed by atoms with Crippen molar-refractivity contribution < 1.29 is 18.0 Å². The molecule has 0 saturated carbocycles. The number of benzene rings is 1. The molecule has 7 heteroatoms. The number of Topliss-reactive ketones (excluding diaryl/α,β-unsaturated/α-hetero) is 1. The summed E-state index contributed by atoms with van der Waals surface area (Å²) < 4.78 is 39.8. The lowest BCUT2D eigenvalue weighted by molar-refractivity contribution is -0.171. The molecule has 23 heavy (non-hydrogen) atoms. The molecular weight excluding hydrogens is 309 g/mol. The van der Waals surface area contributed by atoms with E-state index in [1.165, 1.54) is 10.7 Å². The number of halogens is 3. The van der Waals surface area contributed by atoms with Crippen LogP contribution in [-0.2, 0) is 11.8 Å². The van der Waals surface area contributed by atoms with Crippen molar-refractivity contribution in [3.05, 3.63) is 52.4 Å². The summed E-state index contributed by atoms with van der Waals surface area (Å²) in [6.07, 6.45) is -5.36. The van der Waals surface area contributed by atoms with Crippen molar-refractivity contribution in [2.24, 2.45) is 7.05 Å². The zero-order chi connectivity index (χ0) is 17.2. The number of rotatable bonds is 5. The van der Waals surface area contributed by atoms with Gasteiger partial charge >= 0.3 is 6.18 Å². The van der Waals surface area contributed by atoms with Gasteiger partial charge in [-0.05, 0) is 24.5 Å². The van der Waals surface area contributed by atoms with E-state index < -0.39 is 18.4 Å². The SMILES string of the molecule is CC(CCC(=O)C(F)(F)F)c1cc(=O)n(-c2ccccc2)n1C. The molecule has 0 aliphatic heterocycles. The van der Waals surface area contributed by atoms with Gasteiger partial charge in [0.1, 0.15) is 0 Å². The predicted octanol–water partition coefficient (Wildman–Crippen LogP) is 3.19. The Bertz CT molecular complexity index is 745. The molecule has 1 heterocycles. The van der Waals surface area contributed by atoms with Gasteiger partial charge in [-0.25, -0.2) is 4.68 Å². The van der Waals surface area contributed by atoms with Crippen LogP contribution < -0.4 is 5.56 Å². The minimum atomic E-state index is -4.80. The van der Waals surface area contributed by atoms with Crippen molar-refractivity contribution in [2.75, 3.05) is 0 Å². The van der Waals surface area contributed by atoms with E-state index in [4.69, 9.17) is 0 Å². The Balaban J connectivity index is 2.22. The van der Waals surface area contributed by atoms with E-state index in [0.29, 0.717) is 11.4 Å². The van der Waals surface area contributed by atoms with Gasteiger partial charge in [0.2, 0.25) is 5.78 Å². The molecule has 0 fully saturated rings. The van der Waals surface area contributed by atoms with Crippen molar-refractivity contribution in [3.8, 4) is 5.69 Å². The lowest BCUT2D eigenvalue weighted by Gasteiger charge is -2.15. The minimum absolute atomic E-state index is 0.0322. The quantitative estimate of drug-likeness (QED) is 0.847. The van der Waals surface area contributed by atoms with Crippen LogP contribution in [0.1, 0.15) is 31.4 Å². The van der Waals surface area contributed by atoms with Gasteiger partial charge < -0.3 is 0 Å². The molecule has 0 aliphatic carbocycles. The van der Waals surface area contributed by atoms with Crippen LogP contribution in [-0.4, -0.2) is 21.3 Å². The minimum Gasteiger partial charge on any atom is -0.290 e. The molecule has 2 aromatic rings. The number of nitrogens with zero attached hydrogens (tertiary/aromatic N) is 2. The Morgan fingerprint density at radius 2 is 1.83 bits per heavy atom. The Hall–Kier alpha value is -2.31. The van der Waals surface area contributed by atoms with Crippen LogP contribution in [0.2, 0.25) is 0 Å². The Labute approximate surface area is 131 Å². The number of carbonyl (C=O) groups excluding carboxylic acids is 1. The van der Waals surface area contributed by atoms with E-state index in [0.717, 1.165) is 0 Å². The van der Waals surface area contributed by atoms with Gasteiger partial charge in [0.15, 0.2) is 0 Å². The lowest BCUT2D eigenvalue weighted by atomic mass is 10.00. The molecule has 0 N–H and O–H groups in total. The molecule has 124 valence electrons. The monoisotopic (exact) mass is 326 g/mol. The van der Waals surface area contributed by atoms with E-state index in [1.807, 2.05) is 6.07 Å². The van der Waals surface area contributed by atoms with E-state index in [1.54, 1.807) is 42.9 Å². The summed E-state index contributed by atoms with van der Waals surface area (Å²) in [5, 5.41) is 0. The maximum absolute atomic E-state index is 12.3. The highest BCUT2D eigenvalue weighted by Gasteiger charge is 2.37. The number of aromatic nitrogens is 2. The third kappa shape index (κ3) is 3.72. The average molecular weight is 326 g/mol. The van der Waals surface area contributed by atoms with Gasteiger partial charge in [0.05, 0.1) is 5.69 Å². The molecule has 1 unspecified atom stereocenters. The zero-order valence-electron chi connectivity index (χ0n) is 12.8. The summed E-state index contributed by atoms with van der Waals surface area (Å²) in [6, 6.07) is 10.3. The molecular formula is C16H17F3N2O2. The average Bonchev–Trinajstić information content (AvgIpc) is 2.79. The maximum Gasteiger partial charge on any atom is 0.449 e. The second kappa shape index (κ2) is 6.44. The van der Waals surface area contributed by atoms with E-state index >= 15 is 0 Å². The topological polar surface area (TPSA) is 44.0 Å². The molecule has 1 aromatic carbocycles. The highest BCUT2D eigenvalue weighted by atomic mass is 19.4. The first kappa shape index (κ1) is 17.1. The van der Waals surface area contributed by atoms with Gasteiger partial charge in [-0.3, -0.25) is 14.3 Å². The fourth-order valence-corrected chi connectivity index (χ4v) is 2.51. The number of hydrogen-bond acceptors (Lipinski definition) is 2. The number of hydrogen-bond donors (Lipinski definition) is 0. The fourth-order valence-electron chi connectivity index (χ4n) is 2.51. The molecule has 2 rings (SSSR count). The predicted molar refractivity (Wildman–Crippen MR) is 79.7 cm³/mol. The summed E-state index contributed by atoms with van der Waals surface area (Å²) in [7, 11) is 1.67. The first-order valence-corrected chi connectivity index (χ1v) is 7.16. The molecule has 0 amide bonds. The van der Waals surface area contributed by atoms with Crippen LogP contribution in [0, 0.1) is 0 Å². The zero-order valence-corrected chi connectivity index (χ0v) is 12.8. The van der Waals surface area contributed by atoms with Crippen molar-refractivity contribution in [2.45, 2.75) is 31.9 Å². The molecule has 1 aromatic heterocycles. The van der Waals surface area contributed by atoms with Crippen molar-refractivity contribution in [1.29, 1.82) is 0 Å². The fraction of sp³-hybridized carbons (Fsp3) is 0.375. The van der Waals surface area contributed by atoms with Gasteiger partial charge in [-0.1, -0.05) is 25.1 Å². The Morgan fingerprint density at radius 1 is 1.22 bits per heavy atom. The van der Waals surface area contributed by atoms with Crippen LogP contribution >= 0.6 is 0 Å². The summed E-state index contributed by atoms with van der Waals surface area (Å²) in [6.45, 7) is 1.70. The summed E-state index contributed by atoms with van der Waals surface area (Å²) in [5.74, 6) is -2.08. The number of carbonyl (C=O) groups is 1. The van der Waals surface area contributed by atoms with Crippen molar-refractivity contribution in [1.82, 2.24) is 9.36 Å².